The van der Waals surface area contributed by atoms with Gasteiger partial charge in [0.05, 0.1) is 6.26 Å². The largest absolute Gasteiger partial charge is 0.479 e. The lowest BCUT2D eigenvalue weighted by atomic mass is 10.1. The van der Waals surface area contributed by atoms with Gasteiger partial charge in [0, 0.05) is 11.3 Å². The number of Topliss-reactive ketones (excluding diaryl/α,β-unsaturated/α-hetero) is 1. The molecule has 28 heavy (non-hydrogen) atoms. The molecule has 0 aromatic heterocycles. The zero-order chi connectivity index (χ0) is 20.9. The summed E-state index contributed by atoms with van der Waals surface area (Å²) >= 11 is 0. The van der Waals surface area contributed by atoms with Crippen molar-refractivity contribution in [1.82, 2.24) is 0 Å². The van der Waals surface area contributed by atoms with Crippen LogP contribution in [0.25, 0.3) is 0 Å². The van der Waals surface area contributed by atoms with Gasteiger partial charge in [-0.3, -0.25) is 9.52 Å². The fraction of sp³-hybridized carbons (Fsp3) is 0.263. The smallest absolute Gasteiger partial charge is 0.347 e. The van der Waals surface area contributed by atoms with Crippen LogP contribution in [0.2, 0.25) is 0 Å². The Labute approximate surface area is 162 Å². The van der Waals surface area contributed by atoms with Crippen LogP contribution in [0.15, 0.2) is 48.5 Å². The molecule has 0 radical (unpaired) electrons. The van der Waals surface area contributed by atoms with E-state index in [0.717, 1.165) is 6.26 Å². The zero-order valence-corrected chi connectivity index (χ0v) is 16.3. The van der Waals surface area contributed by atoms with Crippen LogP contribution in [0.1, 0.15) is 24.2 Å². The van der Waals surface area contributed by atoms with Crippen molar-refractivity contribution in [3.63, 3.8) is 0 Å². The monoisotopic (exact) mass is 409 g/mol. The number of hydrogen-bond donors (Lipinski definition) is 1. The Morgan fingerprint density at radius 3 is 2.07 bits per heavy atom. The van der Waals surface area contributed by atoms with Crippen LogP contribution in [0.4, 0.5) is 10.1 Å². The summed E-state index contributed by atoms with van der Waals surface area (Å²) < 4.78 is 48.1. The number of carbonyl (C=O) groups excluding carboxylic acids is 2. The first-order valence-corrected chi connectivity index (χ1v) is 10.2. The van der Waals surface area contributed by atoms with Crippen molar-refractivity contribution in [3.05, 3.63) is 59.9 Å². The fourth-order valence-electron chi connectivity index (χ4n) is 2.24. The van der Waals surface area contributed by atoms with Crippen molar-refractivity contribution < 1.29 is 31.9 Å². The lowest BCUT2D eigenvalue weighted by Crippen LogP contribution is -2.32. The lowest BCUT2D eigenvalue weighted by Gasteiger charge is -2.17. The number of hydrogen-bond acceptors (Lipinski definition) is 6. The molecule has 0 aliphatic heterocycles. The molecule has 0 saturated carbocycles. The number of carbonyl (C=O) groups is 2. The number of ether oxygens (including phenoxy) is 2. The molecule has 0 saturated heterocycles. The Morgan fingerprint density at radius 2 is 1.54 bits per heavy atom. The first-order valence-electron chi connectivity index (χ1n) is 8.30. The van der Waals surface area contributed by atoms with Crippen molar-refractivity contribution in [2.24, 2.45) is 0 Å². The van der Waals surface area contributed by atoms with Crippen LogP contribution in [0.5, 0.6) is 5.75 Å². The second-order valence-electron chi connectivity index (χ2n) is 6.11. The van der Waals surface area contributed by atoms with Crippen molar-refractivity contribution in [1.29, 1.82) is 0 Å². The maximum absolute atomic E-state index is 12.9. The number of nitrogens with one attached hydrogen (secondary N) is 1. The van der Waals surface area contributed by atoms with Gasteiger partial charge in [0.2, 0.25) is 15.8 Å². The number of esters is 1. The number of sulfonamides is 1. The summed E-state index contributed by atoms with van der Waals surface area (Å²) in [5, 5.41) is 0. The molecule has 2 rings (SSSR count). The maximum Gasteiger partial charge on any atom is 0.347 e. The summed E-state index contributed by atoms with van der Waals surface area (Å²) in [5.41, 5.74) is 0.566. The molecule has 0 amide bonds. The highest BCUT2D eigenvalue weighted by molar-refractivity contribution is 7.92. The minimum absolute atomic E-state index is 0.256. The molecule has 7 nitrogen and oxygen atoms in total. The quantitative estimate of drug-likeness (QED) is 0.532. The van der Waals surface area contributed by atoms with E-state index in [1.807, 2.05) is 0 Å². The van der Waals surface area contributed by atoms with Crippen LogP contribution in [0, 0.1) is 5.82 Å². The fourth-order valence-corrected chi connectivity index (χ4v) is 2.80. The van der Waals surface area contributed by atoms with Gasteiger partial charge in [-0.1, -0.05) is 0 Å². The summed E-state index contributed by atoms with van der Waals surface area (Å²) in [4.78, 5) is 24.5. The first kappa shape index (κ1) is 21.4. The van der Waals surface area contributed by atoms with E-state index in [1.165, 1.54) is 62.4 Å². The normalized spacial score (nSPS) is 13.3. The van der Waals surface area contributed by atoms with E-state index in [9.17, 15) is 22.4 Å². The van der Waals surface area contributed by atoms with Crippen molar-refractivity contribution in [3.8, 4) is 5.75 Å². The van der Waals surface area contributed by atoms with E-state index in [0.29, 0.717) is 11.4 Å². The molecule has 0 aliphatic rings. The zero-order valence-electron chi connectivity index (χ0n) is 15.5. The van der Waals surface area contributed by atoms with Gasteiger partial charge in [-0.15, -0.1) is 0 Å². The molecule has 2 aromatic carbocycles. The molecule has 1 N–H and O–H groups in total. The number of halogens is 1. The lowest BCUT2D eigenvalue weighted by molar-refractivity contribution is -0.153. The van der Waals surface area contributed by atoms with Crippen LogP contribution >= 0.6 is 0 Å². The molecular weight excluding hydrogens is 389 g/mol. The van der Waals surface area contributed by atoms with Crippen LogP contribution < -0.4 is 9.46 Å². The van der Waals surface area contributed by atoms with Gasteiger partial charge in [-0.25, -0.2) is 17.6 Å². The van der Waals surface area contributed by atoms with Crippen molar-refractivity contribution >= 4 is 27.5 Å². The van der Waals surface area contributed by atoms with E-state index in [1.54, 1.807) is 0 Å². The summed E-state index contributed by atoms with van der Waals surface area (Å²) in [7, 11) is -3.42. The standard InChI is InChI=1S/C19H20FNO6S/c1-12(18(22)14-4-8-16(9-5-14)21-28(3,24)25)27-19(23)13(2)26-17-10-6-15(20)7-11-17/h4-13,21H,1-3H3/t12-,13-/m0/s1. The SMILES string of the molecule is C[C@H](Oc1ccc(F)cc1)C(=O)O[C@@H](C)C(=O)c1ccc(NS(C)(=O)=O)cc1. The average Bonchev–Trinajstić information content (AvgIpc) is 2.62. The predicted octanol–water partition coefficient (Wildman–Crippen LogP) is 2.78. The Morgan fingerprint density at radius 1 is 0.964 bits per heavy atom. The number of anilines is 1. The summed E-state index contributed by atoms with van der Waals surface area (Å²) in [6, 6.07) is 10.9. The topological polar surface area (TPSA) is 98.8 Å². The van der Waals surface area contributed by atoms with Gasteiger partial charge in [0.15, 0.2) is 12.2 Å². The number of benzene rings is 2. The van der Waals surface area contributed by atoms with Crippen LogP contribution in [0.3, 0.4) is 0 Å². The molecule has 9 heteroatoms. The third kappa shape index (κ3) is 6.34. The minimum atomic E-state index is -3.42. The summed E-state index contributed by atoms with van der Waals surface area (Å²) in [6.07, 6.45) is -1.05. The highest BCUT2D eigenvalue weighted by Gasteiger charge is 2.24. The van der Waals surface area contributed by atoms with Crippen molar-refractivity contribution in [2.75, 3.05) is 11.0 Å². The van der Waals surface area contributed by atoms with Gasteiger partial charge in [-0.2, -0.15) is 0 Å². The molecule has 150 valence electrons. The first-order chi connectivity index (χ1) is 13.0. The second-order valence-corrected chi connectivity index (χ2v) is 7.86. The molecule has 2 atom stereocenters. The highest BCUT2D eigenvalue weighted by atomic mass is 32.2. The molecule has 0 heterocycles. The van der Waals surface area contributed by atoms with Gasteiger partial charge in [0.1, 0.15) is 11.6 Å². The second kappa shape index (κ2) is 8.83. The maximum atomic E-state index is 12.9. The third-order valence-corrected chi connectivity index (χ3v) is 4.20. The Bertz CT molecular complexity index is 941. The molecule has 0 unspecified atom stereocenters. The van der Waals surface area contributed by atoms with Crippen LogP contribution in [-0.4, -0.2) is 38.6 Å². The van der Waals surface area contributed by atoms with Crippen LogP contribution in [-0.2, 0) is 19.6 Å². The Balaban J connectivity index is 1.95. The summed E-state index contributed by atoms with van der Waals surface area (Å²) in [5.74, 6) is -1.34. The highest BCUT2D eigenvalue weighted by Crippen LogP contribution is 2.16. The minimum Gasteiger partial charge on any atom is -0.479 e. The van der Waals surface area contributed by atoms with Crippen molar-refractivity contribution in [2.45, 2.75) is 26.1 Å². The number of ketones is 1. The van der Waals surface area contributed by atoms with E-state index >= 15 is 0 Å². The Hall–Kier alpha value is -2.94. The van der Waals surface area contributed by atoms with Gasteiger partial charge < -0.3 is 9.47 Å². The van der Waals surface area contributed by atoms with Gasteiger partial charge in [0.25, 0.3) is 0 Å². The molecule has 0 spiro atoms. The van der Waals surface area contributed by atoms with Gasteiger partial charge in [-0.05, 0) is 62.4 Å². The predicted molar refractivity (Wildman–Crippen MR) is 101 cm³/mol. The van der Waals surface area contributed by atoms with E-state index in [4.69, 9.17) is 9.47 Å². The van der Waals surface area contributed by atoms with Gasteiger partial charge >= 0.3 is 5.97 Å². The third-order valence-electron chi connectivity index (χ3n) is 3.59. The van der Waals surface area contributed by atoms with E-state index < -0.39 is 39.8 Å². The molecule has 0 bridgehead atoms. The Kier molecular flexibility index (Phi) is 6.74. The molecular formula is C19H20FNO6S. The molecule has 0 fully saturated rings. The van der Waals surface area contributed by atoms with E-state index in [-0.39, 0.29) is 5.56 Å². The average molecular weight is 409 g/mol. The molecule has 0 aliphatic carbocycles. The summed E-state index contributed by atoms with van der Waals surface area (Å²) in [6.45, 7) is 2.88. The molecule has 2 aromatic rings. The number of rotatable bonds is 8. The van der Waals surface area contributed by atoms with E-state index in [2.05, 4.69) is 4.72 Å².